The molecule has 4 nitrogen and oxygen atoms in total. The van der Waals surface area contributed by atoms with E-state index in [4.69, 9.17) is 9.47 Å². The number of halogens is 1. The van der Waals surface area contributed by atoms with Gasteiger partial charge in [-0.15, -0.1) is 0 Å². The maximum absolute atomic E-state index is 10.8. The minimum absolute atomic E-state index is 0.0426. The van der Waals surface area contributed by atoms with Gasteiger partial charge in [0.2, 0.25) is 0 Å². The first kappa shape index (κ1) is 19.9. The zero-order valence-corrected chi connectivity index (χ0v) is 17.4. The van der Waals surface area contributed by atoms with E-state index in [1.807, 2.05) is 26.8 Å². The van der Waals surface area contributed by atoms with Crippen molar-refractivity contribution < 1.29 is 13.7 Å². The van der Waals surface area contributed by atoms with Gasteiger partial charge in [0.25, 0.3) is 0 Å². The van der Waals surface area contributed by atoms with Gasteiger partial charge in [0.1, 0.15) is 11.4 Å². The van der Waals surface area contributed by atoms with E-state index in [1.54, 1.807) is 7.05 Å². The van der Waals surface area contributed by atoms with E-state index in [-0.39, 0.29) is 10.3 Å². The Hall–Kier alpha value is -0.430. The van der Waals surface area contributed by atoms with E-state index in [9.17, 15) is 4.21 Å². The summed E-state index contributed by atoms with van der Waals surface area (Å²) in [5.41, 5.74) is 1.27. The SMILES string of the molecule is Brc1ccc2c(c1)CCC1(CCCOC1)O2.CNS(=O)C(C)(C)C. The van der Waals surface area contributed by atoms with Crippen molar-refractivity contribution in [1.82, 2.24) is 4.72 Å². The van der Waals surface area contributed by atoms with Crippen molar-refractivity contribution in [1.29, 1.82) is 0 Å². The summed E-state index contributed by atoms with van der Waals surface area (Å²) in [6.45, 7) is 7.43. The van der Waals surface area contributed by atoms with Gasteiger partial charge < -0.3 is 9.47 Å². The molecule has 136 valence electrons. The van der Waals surface area contributed by atoms with Gasteiger partial charge in [0.05, 0.1) is 22.3 Å². The van der Waals surface area contributed by atoms with E-state index in [2.05, 4.69) is 32.8 Å². The van der Waals surface area contributed by atoms with E-state index in [1.165, 1.54) is 5.56 Å². The van der Waals surface area contributed by atoms with Crippen LogP contribution in [0.4, 0.5) is 0 Å². The van der Waals surface area contributed by atoms with E-state index >= 15 is 0 Å². The number of rotatable bonds is 1. The maximum atomic E-state index is 10.8. The monoisotopic (exact) mass is 417 g/mol. The Bertz CT molecular complexity index is 580. The summed E-state index contributed by atoms with van der Waals surface area (Å²) in [5, 5.41) is 0. The fraction of sp³-hybridized carbons (Fsp3) is 0.667. The number of hydrogen-bond acceptors (Lipinski definition) is 3. The van der Waals surface area contributed by atoms with Crippen molar-refractivity contribution in [2.45, 2.75) is 56.8 Å². The first-order valence-corrected chi connectivity index (χ1v) is 10.3. The number of aryl methyl sites for hydroxylation is 1. The molecule has 2 heterocycles. The van der Waals surface area contributed by atoms with Crippen molar-refractivity contribution in [2.75, 3.05) is 20.3 Å². The third-order valence-corrected chi connectivity index (χ3v) is 6.20. The first-order chi connectivity index (χ1) is 11.3. The molecule has 1 saturated heterocycles. The molecule has 1 N–H and O–H groups in total. The Balaban J connectivity index is 0.000000224. The topological polar surface area (TPSA) is 47.6 Å². The van der Waals surface area contributed by atoms with Crippen LogP contribution in [0.15, 0.2) is 22.7 Å². The molecule has 24 heavy (non-hydrogen) atoms. The predicted molar refractivity (Wildman–Crippen MR) is 103 cm³/mol. The smallest absolute Gasteiger partial charge is 0.133 e. The second-order valence-corrected chi connectivity index (χ2v) is 10.4. The minimum atomic E-state index is -0.894. The number of nitrogens with one attached hydrogen (secondary N) is 1. The lowest BCUT2D eigenvalue weighted by Crippen LogP contribution is -2.46. The molecule has 1 aromatic carbocycles. The molecule has 0 amide bonds. The quantitative estimate of drug-likeness (QED) is 0.750. The molecule has 2 aliphatic rings. The molecule has 2 atom stereocenters. The summed E-state index contributed by atoms with van der Waals surface area (Å²) >= 11 is 3.50. The van der Waals surface area contributed by atoms with Crippen molar-refractivity contribution in [2.24, 2.45) is 0 Å². The first-order valence-electron chi connectivity index (χ1n) is 8.40. The molecule has 2 unspecified atom stereocenters. The minimum Gasteiger partial charge on any atom is -0.485 e. The van der Waals surface area contributed by atoms with Crippen molar-refractivity contribution in [3.05, 3.63) is 28.2 Å². The molecule has 0 bridgehead atoms. The largest absolute Gasteiger partial charge is 0.485 e. The van der Waals surface area contributed by atoms with Crippen LogP contribution in [0.2, 0.25) is 0 Å². The summed E-state index contributed by atoms with van der Waals surface area (Å²) in [4.78, 5) is 0. The maximum Gasteiger partial charge on any atom is 0.133 e. The van der Waals surface area contributed by atoms with Crippen LogP contribution in [0.5, 0.6) is 5.75 Å². The second kappa shape index (κ2) is 8.30. The van der Waals surface area contributed by atoms with Crippen LogP contribution in [0.1, 0.15) is 45.6 Å². The highest BCUT2D eigenvalue weighted by Gasteiger charge is 2.38. The Morgan fingerprint density at radius 2 is 2.04 bits per heavy atom. The molecule has 1 fully saturated rings. The molecule has 2 aliphatic heterocycles. The van der Waals surface area contributed by atoms with Crippen LogP contribution in [0.25, 0.3) is 0 Å². The number of hydrogen-bond donors (Lipinski definition) is 1. The average molecular weight is 418 g/mol. The lowest BCUT2D eigenvalue weighted by molar-refractivity contribution is -0.0785. The van der Waals surface area contributed by atoms with Gasteiger partial charge in [-0.2, -0.15) is 0 Å². The molecular formula is C18H28BrNO3S. The highest BCUT2D eigenvalue weighted by molar-refractivity contribution is 9.10. The highest BCUT2D eigenvalue weighted by atomic mass is 79.9. The molecule has 0 aromatic heterocycles. The molecule has 0 radical (unpaired) electrons. The number of benzene rings is 1. The van der Waals surface area contributed by atoms with Gasteiger partial charge in [-0.3, -0.25) is 0 Å². The predicted octanol–water partition coefficient (Wildman–Crippen LogP) is 3.99. The zero-order valence-electron chi connectivity index (χ0n) is 15.0. The summed E-state index contributed by atoms with van der Waals surface area (Å²) < 4.78 is 26.2. The van der Waals surface area contributed by atoms with Crippen LogP contribution in [-0.4, -0.2) is 34.8 Å². The lowest BCUT2D eigenvalue weighted by Gasteiger charge is -2.41. The van der Waals surface area contributed by atoms with Crippen molar-refractivity contribution in [3.63, 3.8) is 0 Å². The van der Waals surface area contributed by atoms with Gasteiger partial charge in [0.15, 0.2) is 0 Å². The van der Waals surface area contributed by atoms with Crippen LogP contribution in [0, 0.1) is 0 Å². The van der Waals surface area contributed by atoms with Gasteiger partial charge in [-0.25, -0.2) is 8.93 Å². The second-order valence-electron chi connectivity index (χ2n) is 7.28. The summed E-state index contributed by atoms with van der Waals surface area (Å²) in [5.74, 6) is 1.04. The van der Waals surface area contributed by atoms with Crippen molar-refractivity contribution in [3.8, 4) is 5.75 Å². The Labute approximate surface area is 156 Å². The van der Waals surface area contributed by atoms with Gasteiger partial charge in [0, 0.05) is 11.1 Å². The average Bonchev–Trinajstić information content (AvgIpc) is 2.55. The fourth-order valence-corrected chi connectivity index (χ4v) is 3.92. The number of ether oxygens (including phenoxy) is 2. The fourth-order valence-electron chi connectivity index (χ4n) is 2.90. The molecule has 3 rings (SSSR count). The molecule has 0 saturated carbocycles. The van der Waals surface area contributed by atoms with E-state index < -0.39 is 11.0 Å². The zero-order chi connectivity index (χ0) is 17.8. The van der Waals surface area contributed by atoms with E-state index in [0.29, 0.717) is 0 Å². The standard InChI is InChI=1S/C13H15BrO2.C5H13NOS/c14-11-2-3-12-10(8-11)4-6-13(16-12)5-1-7-15-9-13;1-5(2,3)8(7)6-4/h2-3,8H,1,4-7,9H2;6H,1-4H3. The van der Waals surface area contributed by atoms with Crippen LogP contribution in [-0.2, 0) is 22.1 Å². The third-order valence-electron chi connectivity index (χ3n) is 4.23. The molecule has 0 aliphatic carbocycles. The van der Waals surface area contributed by atoms with Crippen LogP contribution in [0.3, 0.4) is 0 Å². The third kappa shape index (κ3) is 5.28. The normalized spacial score (nSPS) is 24.4. The Morgan fingerprint density at radius 1 is 1.29 bits per heavy atom. The Morgan fingerprint density at radius 3 is 2.58 bits per heavy atom. The van der Waals surface area contributed by atoms with E-state index in [0.717, 1.165) is 49.1 Å². The van der Waals surface area contributed by atoms with Crippen molar-refractivity contribution >= 4 is 26.9 Å². The van der Waals surface area contributed by atoms with Crippen LogP contribution >= 0.6 is 15.9 Å². The van der Waals surface area contributed by atoms with Gasteiger partial charge in [-0.05, 0) is 77.3 Å². The van der Waals surface area contributed by atoms with Gasteiger partial charge >= 0.3 is 0 Å². The molecule has 6 heteroatoms. The highest BCUT2D eigenvalue weighted by Crippen LogP contribution is 2.38. The lowest BCUT2D eigenvalue weighted by atomic mass is 9.87. The summed E-state index contributed by atoms with van der Waals surface area (Å²) in [6, 6.07) is 6.27. The molecule has 1 aromatic rings. The number of fused-ring (bicyclic) bond motifs is 1. The summed E-state index contributed by atoms with van der Waals surface area (Å²) in [7, 11) is 0.802. The molecule has 1 spiro atoms. The summed E-state index contributed by atoms with van der Waals surface area (Å²) in [6.07, 6.45) is 4.42. The van der Waals surface area contributed by atoms with Gasteiger partial charge in [-0.1, -0.05) is 15.9 Å². The molecular weight excluding hydrogens is 390 g/mol. The Kier molecular flexibility index (Phi) is 6.88. The van der Waals surface area contributed by atoms with Crippen LogP contribution < -0.4 is 9.46 Å².